The second-order valence-corrected chi connectivity index (χ2v) is 18.7. The van der Waals surface area contributed by atoms with Crippen molar-refractivity contribution in [3.8, 4) is 17.1 Å². The van der Waals surface area contributed by atoms with E-state index in [9.17, 15) is 24.0 Å². The molecule has 8 rings (SSSR count). The lowest BCUT2D eigenvalue weighted by Crippen LogP contribution is -2.52. The molecule has 386 valence electrons. The van der Waals surface area contributed by atoms with Gasteiger partial charge in [0.2, 0.25) is 17.7 Å². The number of rotatable bonds is 26. The molecular weight excluding hydrogens is 933 g/mol. The van der Waals surface area contributed by atoms with Crippen LogP contribution in [0.3, 0.4) is 0 Å². The van der Waals surface area contributed by atoms with E-state index in [2.05, 4.69) is 48.4 Å². The molecule has 0 bridgehead atoms. The molecule has 2 saturated heterocycles. The van der Waals surface area contributed by atoms with Crippen molar-refractivity contribution < 1.29 is 42.9 Å². The molecule has 3 aromatic carbocycles. The Balaban J connectivity index is 0.655. The normalized spacial score (nSPS) is 16.9. The number of pyridine rings is 1. The molecule has 2 unspecified atom stereocenters. The number of carbonyl (C=O) groups excluding carboxylic acids is 5. The Morgan fingerprint density at radius 3 is 2.34 bits per heavy atom. The number of fused-ring (bicyclic) bond motifs is 1. The summed E-state index contributed by atoms with van der Waals surface area (Å²) in [5.74, 6) is 0.606. The van der Waals surface area contributed by atoms with E-state index >= 15 is 0 Å². The van der Waals surface area contributed by atoms with Crippen LogP contribution < -0.4 is 26.0 Å². The minimum Gasteiger partial charge on any atom is -0.494 e. The van der Waals surface area contributed by atoms with Crippen molar-refractivity contribution in [1.82, 2.24) is 40.6 Å². The maximum atomic E-state index is 13.6. The van der Waals surface area contributed by atoms with Crippen molar-refractivity contribution in [2.75, 3.05) is 77.0 Å². The number of likely N-dealkylation sites (tertiary alicyclic amines) is 1. The van der Waals surface area contributed by atoms with Crippen LogP contribution >= 0.6 is 0 Å². The van der Waals surface area contributed by atoms with E-state index in [1.807, 2.05) is 67.6 Å². The molecule has 0 aliphatic carbocycles. The lowest BCUT2D eigenvalue weighted by atomic mass is 9.86. The molecule has 0 saturated carbocycles. The van der Waals surface area contributed by atoms with Gasteiger partial charge in [0, 0.05) is 78.7 Å². The number of benzene rings is 3. The zero-order valence-electron chi connectivity index (χ0n) is 41.7. The van der Waals surface area contributed by atoms with Crippen LogP contribution in [-0.4, -0.2) is 132 Å². The molecule has 2 fully saturated rings. The van der Waals surface area contributed by atoms with Gasteiger partial charge in [-0.1, -0.05) is 30.7 Å². The van der Waals surface area contributed by atoms with Crippen molar-refractivity contribution in [3.05, 3.63) is 119 Å². The summed E-state index contributed by atoms with van der Waals surface area (Å²) in [4.78, 5) is 76.1. The molecule has 5 amide bonds. The highest BCUT2D eigenvalue weighted by atomic mass is 16.5. The number of nitrogens with one attached hydrogen (secondary N) is 5. The van der Waals surface area contributed by atoms with E-state index in [1.54, 1.807) is 30.6 Å². The number of unbranched alkanes of at least 4 members (excludes halogenated alkanes) is 3. The number of piperidine rings is 2. The number of nitrogens with zero attached hydrogens (tertiary/aromatic N) is 5. The van der Waals surface area contributed by atoms with Crippen LogP contribution in [0.25, 0.3) is 11.4 Å². The number of aromatic amines is 1. The molecule has 19 nitrogen and oxygen atoms in total. The summed E-state index contributed by atoms with van der Waals surface area (Å²) in [6, 6.07) is 23.4. The molecular formula is C54H66N10O9. The number of carbonyl (C=O) groups is 5. The Morgan fingerprint density at radius 2 is 1.56 bits per heavy atom. The Labute approximate surface area is 425 Å². The van der Waals surface area contributed by atoms with Gasteiger partial charge in [-0.3, -0.25) is 39.4 Å². The van der Waals surface area contributed by atoms with Crippen molar-refractivity contribution in [2.45, 2.75) is 88.9 Å². The van der Waals surface area contributed by atoms with Crippen LogP contribution in [0.2, 0.25) is 0 Å². The molecule has 5 aromatic rings. The number of amides is 5. The zero-order chi connectivity index (χ0) is 51.0. The van der Waals surface area contributed by atoms with Crippen LogP contribution in [0.5, 0.6) is 5.75 Å². The lowest BCUT2D eigenvalue weighted by molar-refractivity contribution is -0.137. The van der Waals surface area contributed by atoms with E-state index in [4.69, 9.17) is 23.9 Å². The van der Waals surface area contributed by atoms with Crippen LogP contribution in [0, 0.1) is 0 Å². The van der Waals surface area contributed by atoms with E-state index in [1.165, 1.54) is 4.90 Å². The summed E-state index contributed by atoms with van der Waals surface area (Å²) in [5, 5.41) is 19.8. The molecule has 19 heteroatoms. The fourth-order valence-electron chi connectivity index (χ4n) is 9.25. The Bertz CT molecular complexity index is 2670. The molecule has 0 spiro atoms. The van der Waals surface area contributed by atoms with Crippen molar-refractivity contribution in [3.63, 3.8) is 0 Å². The van der Waals surface area contributed by atoms with Gasteiger partial charge >= 0.3 is 0 Å². The van der Waals surface area contributed by atoms with Gasteiger partial charge in [0.05, 0.1) is 57.6 Å². The minimum absolute atomic E-state index is 0.121. The van der Waals surface area contributed by atoms with Crippen molar-refractivity contribution >= 4 is 40.9 Å². The monoisotopic (exact) mass is 999 g/mol. The van der Waals surface area contributed by atoms with Crippen LogP contribution in [0.1, 0.15) is 108 Å². The first-order valence-corrected chi connectivity index (χ1v) is 25.3. The van der Waals surface area contributed by atoms with Gasteiger partial charge in [-0.25, -0.2) is 4.98 Å². The van der Waals surface area contributed by atoms with E-state index in [-0.39, 0.29) is 62.1 Å². The van der Waals surface area contributed by atoms with Gasteiger partial charge in [0.1, 0.15) is 11.8 Å². The van der Waals surface area contributed by atoms with E-state index in [0.717, 1.165) is 80.0 Å². The quantitative estimate of drug-likeness (QED) is 0.0308. The average Bonchev–Trinajstić information content (AvgIpc) is 4.04. The zero-order valence-corrected chi connectivity index (χ0v) is 41.7. The Hall–Kier alpha value is -7.06. The predicted octanol–water partition coefficient (Wildman–Crippen LogP) is 6.17. The molecule has 73 heavy (non-hydrogen) atoms. The third kappa shape index (κ3) is 14.1. The third-order valence-corrected chi connectivity index (χ3v) is 13.5. The fourth-order valence-corrected chi connectivity index (χ4v) is 9.25. The SMILES string of the molecule is CC(NC(=O)c1cccc(NC2(c3nc(-c4ccncc4)n[nH]3)CCN(C)CC2)c1)c1cccc(OCCCCCCOCCOCCOCCC(=O)Nc2cccc3c2CN(C2CCC(=O)NC2=O)C3=O)c1. The molecule has 3 aliphatic heterocycles. The Kier molecular flexibility index (Phi) is 18.3. The molecule has 5 N–H and O–H groups in total. The topological polar surface area (TPSA) is 231 Å². The number of H-pyrrole nitrogens is 1. The van der Waals surface area contributed by atoms with Gasteiger partial charge in [0.25, 0.3) is 11.8 Å². The van der Waals surface area contributed by atoms with Crippen LogP contribution in [0.4, 0.5) is 11.4 Å². The number of imide groups is 1. The first-order valence-electron chi connectivity index (χ1n) is 25.3. The maximum Gasteiger partial charge on any atom is 0.255 e. The smallest absolute Gasteiger partial charge is 0.255 e. The second-order valence-electron chi connectivity index (χ2n) is 18.7. The number of ether oxygens (including phenoxy) is 4. The maximum absolute atomic E-state index is 13.6. The summed E-state index contributed by atoms with van der Waals surface area (Å²) in [6.45, 7) is 6.98. The lowest BCUT2D eigenvalue weighted by Gasteiger charge is -2.40. The van der Waals surface area contributed by atoms with Gasteiger partial charge in [-0.15, -0.1) is 0 Å². The Morgan fingerprint density at radius 1 is 0.836 bits per heavy atom. The summed E-state index contributed by atoms with van der Waals surface area (Å²) < 4.78 is 23.0. The summed E-state index contributed by atoms with van der Waals surface area (Å²) in [5.41, 5.74) is 4.34. The molecule has 3 aliphatic rings. The highest BCUT2D eigenvalue weighted by Gasteiger charge is 2.41. The van der Waals surface area contributed by atoms with Gasteiger partial charge in [0.15, 0.2) is 11.6 Å². The average molecular weight is 999 g/mol. The highest BCUT2D eigenvalue weighted by Crippen LogP contribution is 2.36. The van der Waals surface area contributed by atoms with Crippen molar-refractivity contribution in [1.29, 1.82) is 0 Å². The summed E-state index contributed by atoms with van der Waals surface area (Å²) in [7, 11) is 2.12. The number of hydrogen-bond acceptors (Lipinski definition) is 14. The number of hydrogen-bond donors (Lipinski definition) is 5. The number of anilines is 2. The standard InChI is InChI=1S/C54H66N10O9/c1-37(56-50(67)40-11-7-12-41(34-40)60-54(21-25-63(2)26-22-54)53-59-49(61-62-53)38-18-23-55-24-19-38)39-10-8-13-42(35-39)73-28-6-4-3-5-27-70-30-32-72-33-31-71-29-20-48(66)57-45-15-9-14-43-44(45)36-64(52(43)69)46-16-17-47(65)58-51(46)68/h7-15,18-19,23-24,34-35,37,46,60H,3-6,16-17,20-22,25-33,36H2,1-2H3,(H,56,67)(H,57,66)(H,58,65,68)(H,59,61,62). The highest BCUT2D eigenvalue weighted by molar-refractivity contribution is 6.06. The fraction of sp³-hybridized carbons (Fsp3) is 0.444. The van der Waals surface area contributed by atoms with Gasteiger partial charge in [-0.2, -0.15) is 5.10 Å². The van der Waals surface area contributed by atoms with Gasteiger partial charge < -0.3 is 44.7 Å². The van der Waals surface area contributed by atoms with Crippen molar-refractivity contribution in [2.24, 2.45) is 0 Å². The molecule has 2 aromatic heterocycles. The largest absolute Gasteiger partial charge is 0.494 e. The summed E-state index contributed by atoms with van der Waals surface area (Å²) >= 11 is 0. The van der Waals surface area contributed by atoms with E-state index in [0.29, 0.717) is 67.8 Å². The predicted molar refractivity (Wildman–Crippen MR) is 273 cm³/mol. The molecule has 2 atom stereocenters. The minimum atomic E-state index is -0.725. The first kappa shape index (κ1) is 52.3. The molecule has 0 radical (unpaired) electrons. The third-order valence-electron chi connectivity index (χ3n) is 13.5. The number of aromatic nitrogens is 4. The summed E-state index contributed by atoms with van der Waals surface area (Å²) in [6.07, 6.45) is 9.52. The first-order chi connectivity index (χ1) is 35.5. The van der Waals surface area contributed by atoms with E-state index < -0.39 is 17.5 Å². The van der Waals surface area contributed by atoms with Gasteiger partial charge in [-0.05, 0) is 113 Å². The second kappa shape index (κ2) is 25.5. The van der Waals surface area contributed by atoms with Crippen LogP contribution in [-0.2, 0) is 40.7 Å². The van der Waals surface area contributed by atoms with Crippen LogP contribution in [0.15, 0.2) is 91.3 Å². The molecule has 5 heterocycles.